The molecule has 98 valence electrons. The fourth-order valence-corrected chi connectivity index (χ4v) is 2.53. The minimum absolute atomic E-state index is 0.156. The molecule has 0 atom stereocenters. The summed E-state index contributed by atoms with van der Waals surface area (Å²) in [5, 5.41) is 0. The van der Waals surface area contributed by atoms with E-state index in [1.165, 1.54) is 11.1 Å². The number of ketones is 1. The first-order valence-corrected chi connectivity index (χ1v) is 6.95. The van der Waals surface area contributed by atoms with Gasteiger partial charge in [-0.2, -0.15) is 0 Å². The number of carbonyl (C=O) groups excluding carboxylic acids is 1. The van der Waals surface area contributed by atoms with Crippen molar-refractivity contribution in [3.63, 3.8) is 0 Å². The second kappa shape index (κ2) is 5.23. The van der Waals surface area contributed by atoms with E-state index in [-0.39, 0.29) is 5.41 Å². The minimum atomic E-state index is -0.156. The average Bonchev–Trinajstić information content (AvgIpc) is 3.18. The van der Waals surface area contributed by atoms with Gasteiger partial charge < -0.3 is 0 Å². The Bertz CT molecular complexity index is 413. The molecule has 1 aromatic carbocycles. The van der Waals surface area contributed by atoms with Gasteiger partial charge in [0.15, 0.2) is 5.78 Å². The SMILES string of the molecule is CCN(CC)CC(=O)C1(c2ccc(C)cc2)CC1. The number of carbonyl (C=O) groups is 1. The molecule has 0 heterocycles. The first-order chi connectivity index (χ1) is 8.62. The van der Waals surface area contributed by atoms with Gasteiger partial charge in [-0.15, -0.1) is 0 Å². The molecule has 0 aromatic heterocycles. The van der Waals surface area contributed by atoms with Crippen molar-refractivity contribution in [2.75, 3.05) is 19.6 Å². The molecule has 2 rings (SSSR count). The van der Waals surface area contributed by atoms with Crippen LogP contribution >= 0.6 is 0 Å². The van der Waals surface area contributed by atoms with Crippen LogP contribution in [-0.2, 0) is 10.2 Å². The maximum absolute atomic E-state index is 12.5. The molecule has 0 N–H and O–H groups in total. The molecule has 1 aromatic rings. The van der Waals surface area contributed by atoms with Gasteiger partial charge >= 0.3 is 0 Å². The number of likely N-dealkylation sites (N-methyl/N-ethyl adjacent to an activating group) is 1. The molecule has 1 aliphatic rings. The molecule has 0 spiro atoms. The Balaban J connectivity index is 2.11. The lowest BCUT2D eigenvalue weighted by Gasteiger charge is -2.21. The summed E-state index contributed by atoms with van der Waals surface area (Å²) in [6.45, 7) is 8.81. The Labute approximate surface area is 110 Å². The fourth-order valence-electron chi connectivity index (χ4n) is 2.53. The van der Waals surface area contributed by atoms with Gasteiger partial charge in [-0.3, -0.25) is 9.69 Å². The van der Waals surface area contributed by atoms with Crippen LogP contribution in [0.2, 0.25) is 0 Å². The molecule has 1 saturated carbocycles. The van der Waals surface area contributed by atoms with E-state index in [1.807, 2.05) is 0 Å². The molecular formula is C16H23NO. The summed E-state index contributed by atoms with van der Waals surface area (Å²) in [6, 6.07) is 8.48. The first-order valence-electron chi connectivity index (χ1n) is 6.95. The van der Waals surface area contributed by atoms with E-state index in [4.69, 9.17) is 0 Å². The quantitative estimate of drug-likeness (QED) is 0.768. The van der Waals surface area contributed by atoms with Crippen molar-refractivity contribution in [3.05, 3.63) is 35.4 Å². The second-order valence-corrected chi connectivity index (χ2v) is 5.33. The lowest BCUT2D eigenvalue weighted by molar-refractivity contribution is -0.122. The number of nitrogens with zero attached hydrogens (tertiary/aromatic N) is 1. The predicted molar refractivity (Wildman–Crippen MR) is 74.9 cm³/mol. The Hall–Kier alpha value is -1.15. The van der Waals surface area contributed by atoms with E-state index in [1.54, 1.807) is 0 Å². The van der Waals surface area contributed by atoms with Crippen molar-refractivity contribution in [3.8, 4) is 0 Å². The summed E-state index contributed by atoms with van der Waals surface area (Å²) < 4.78 is 0. The van der Waals surface area contributed by atoms with Gasteiger partial charge in [-0.25, -0.2) is 0 Å². The van der Waals surface area contributed by atoms with E-state index in [0.29, 0.717) is 12.3 Å². The molecule has 1 aliphatic carbocycles. The summed E-state index contributed by atoms with van der Waals surface area (Å²) in [7, 11) is 0. The number of hydrogen-bond donors (Lipinski definition) is 0. The van der Waals surface area contributed by atoms with Crippen LogP contribution < -0.4 is 0 Å². The summed E-state index contributed by atoms with van der Waals surface area (Å²) in [5.41, 5.74) is 2.31. The predicted octanol–water partition coefficient (Wildman–Crippen LogP) is 2.94. The zero-order valence-electron chi connectivity index (χ0n) is 11.7. The smallest absolute Gasteiger partial charge is 0.157 e. The Kier molecular flexibility index (Phi) is 3.86. The molecule has 18 heavy (non-hydrogen) atoms. The zero-order valence-corrected chi connectivity index (χ0v) is 11.7. The molecular weight excluding hydrogens is 222 g/mol. The van der Waals surface area contributed by atoms with Gasteiger partial charge in [0, 0.05) is 0 Å². The van der Waals surface area contributed by atoms with Crippen LogP contribution in [0, 0.1) is 6.92 Å². The summed E-state index contributed by atoms with van der Waals surface area (Å²) in [6.07, 6.45) is 2.05. The molecule has 0 saturated heterocycles. The normalized spacial score (nSPS) is 16.9. The van der Waals surface area contributed by atoms with Gasteiger partial charge in [0.1, 0.15) is 0 Å². The molecule has 2 heteroatoms. The summed E-state index contributed by atoms with van der Waals surface area (Å²) in [5.74, 6) is 0.398. The van der Waals surface area contributed by atoms with Gasteiger partial charge in [0.05, 0.1) is 12.0 Å². The van der Waals surface area contributed by atoms with Gasteiger partial charge in [0.25, 0.3) is 0 Å². The standard InChI is InChI=1S/C16H23NO/c1-4-17(5-2)12-15(18)16(10-11-16)14-8-6-13(3)7-9-14/h6-9H,4-5,10-12H2,1-3H3. The Morgan fingerprint density at radius 2 is 1.72 bits per heavy atom. The largest absolute Gasteiger partial charge is 0.297 e. The molecule has 0 amide bonds. The van der Waals surface area contributed by atoms with Gasteiger partial charge in [-0.1, -0.05) is 43.7 Å². The molecule has 1 fully saturated rings. The summed E-state index contributed by atoms with van der Waals surface area (Å²) in [4.78, 5) is 14.7. The van der Waals surface area contributed by atoms with Crippen LogP contribution in [-0.4, -0.2) is 30.3 Å². The molecule has 0 unspecified atom stereocenters. The highest BCUT2D eigenvalue weighted by atomic mass is 16.1. The van der Waals surface area contributed by atoms with Crippen molar-refractivity contribution >= 4 is 5.78 Å². The third-order valence-electron chi connectivity index (χ3n) is 4.15. The highest BCUT2D eigenvalue weighted by Crippen LogP contribution is 2.49. The van der Waals surface area contributed by atoms with Crippen molar-refractivity contribution in [1.29, 1.82) is 0 Å². The van der Waals surface area contributed by atoms with Gasteiger partial charge in [0.2, 0.25) is 0 Å². The maximum Gasteiger partial charge on any atom is 0.157 e. The topological polar surface area (TPSA) is 20.3 Å². The number of rotatable bonds is 6. The first kappa shape index (κ1) is 13.3. The number of Topliss-reactive ketones (excluding diaryl/α,β-unsaturated/α-hetero) is 1. The van der Waals surface area contributed by atoms with Gasteiger partial charge in [-0.05, 0) is 38.4 Å². The van der Waals surface area contributed by atoms with Crippen LogP contribution in [0.1, 0.15) is 37.8 Å². The van der Waals surface area contributed by atoms with Crippen LogP contribution in [0.5, 0.6) is 0 Å². The number of hydrogen-bond acceptors (Lipinski definition) is 2. The third kappa shape index (κ3) is 2.49. The van der Waals surface area contributed by atoms with Crippen LogP contribution in [0.25, 0.3) is 0 Å². The Morgan fingerprint density at radius 3 is 2.17 bits per heavy atom. The molecule has 0 aliphatic heterocycles. The van der Waals surface area contributed by atoms with Crippen LogP contribution in [0.3, 0.4) is 0 Å². The minimum Gasteiger partial charge on any atom is -0.297 e. The fraction of sp³-hybridized carbons (Fsp3) is 0.562. The van der Waals surface area contributed by atoms with E-state index in [2.05, 4.69) is 49.9 Å². The maximum atomic E-state index is 12.5. The average molecular weight is 245 g/mol. The zero-order chi connectivity index (χ0) is 13.2. The highest BCUT2D eigenvalue weighted by molar-refractivity contribution is 5.94. The van der Waals surface area contributed by atoms with Crippen molar-refractivity contribution in [2.45, 2.75) is 39.0 Å². The monoisotopic (exact) mass is 245 g/mol. The lowest BCUT2D eigenvalue weighted by Crippen LogP contribution is -2.35. The van der Waals surface area contributed by atoms with Crippen molar-refractivity contribution in [1.82, 2.24) is 4.90 Å². The van der Waals surface area contributed by atoms with Crippen molar-refractivity contribution < 1.29 is 4.79 Å². The number of benzene rings is 1. The highest BCUT2D eigenvalue weighted by Gasteiger charge is 2.50. The number of aryl methyl sites for hydroxylation is 1. The lowest BCUT2D eigenvalue weighted by atomic mass is 9.90. The summed E-state index contributed by atoms with van der Waals surface area (Å²) >= 11 is 0. The van der Waals surface area contributed by atoms with E-state index < -0.39 is 0 Å². The molecule has 2 nitrogen and oxygen atoms in total. The molecule has 0 radical (unpaired) electrons. The van der Waals surface area contributed by atoms with Crippen LogP contribution in [0.4, 0.5) is 0 Å². The third-order valence-corrected chi connectivity index (χ3v) is 4.15. The van der Waals surface area contributed by atoms with Crippen LogP contribution in [0.15, 0.2) is 24.3 Å². The van der Waals surface area contributed by atoms with E-state index >= 15 is 0 Å². The van der Waals surface area contributed by atoms with E-state index in [9.17, 15) is 4.79 Å². The Morgan fingerprint density at radius 1 is 1.17 bits per heavy atom. The second-order valence-electron chi connectivity index (χ2n) is 5.33. The van der Waals surface area contributed by atoms with Crippen molar-refractivity contribution in [2.24, 2.45) is 0 Å². The molecule has 0 bridgehead atoms. The van der Waals surface area contributed by atoms with E-state index in [0.717, 1.165) is 25.9 Å².